The summed E-state index contributed by atoms with van der Waals surface area (Å²) in [4.78, 5) is 0. The Kier molecular flexibility index (Phi) is 3.90. The second-order valence-corrected chi connectivity index (χ2v) is 5.45. The zero-order valence-corrected chi connectivity index (χ0v) is 12.4. The normalized spacial score (nSPS) is 10.5. The largest absolute Gasteiger partial charge is 0.0985 e. The molecular formula is C19H22. The van der Waals surface area contributed by atoms with Crippen LogP contribution in [0.25, 0.3) is 6.08 Å². The van der Waals surface area contributed by atoms with Crippen LogP contribution in [0.4, 0.5) is 0 Å². The van der Waals surface area contributed by atoms with Gasteiger partial charge in [0.05, 0.1) is 0 Å². The first-order valence-electron chi connectivity index (χ1n) is 6.80. The minimum absolute atomic E-state index is 1.01. The molecule has 0 saturated heterocycles. The van der Waals surface area contributed by atoms with Crippen molar-refractivity contribution in [2.24, 2.45) is 0 Å². The van der Waals surface area contributed by atoms with Crippen molar-refractivity contribution in [2.45, 2.75) is 34.1 Å². The van der Waals surface area contributed by atoms with Gasteiger partial charge in [0.1, 0.15) is 0 Å². The zero-order chi connectivity index (χ0) is 14.0. The third-order valence-corrected chi connectivity index (χ3v) is 3.83. The minimum Gasteiger partial charge on any atom is -0.0985 e. The molecule has 2 aromatic carbocycles. The molecule has 0 atom stereocenters. The molecule has 0 nitrogen and oxygen atoms in total. The summed E-state index contributed by atoms with van der Waals surface area (Å²) in [5, 5.41) is 0. The molecule has 0 aromatic heterocycles. The number of benzene rings is 2. The van der Waals surface area contributed by atoms with E-state index in [-0.39, 0.29) is 0 Å². The molecule has 98 valence electrons. The number of aryl methyl sites for hydroxylation is 4. The summed E-state index contributed by atoms with van der Waals surface area (Å²) in [5.41, 5.74) is 9.43. The van der Waals surface area contributed by atoms with Gasteiger partial charge < -0.3 is 0 Å². The lowest BCUT2D eigenvalue weighted by molar-refractivity contribution is 1.11. The van der Waals surface area contributed by atoms with Gasteiger partial charge >= 0.3 is 0 Å². The average molecular weight is 250 g/mol. The van der Waals surface area contributed by atoms with Crippen LogP contribution in [0.1, 0.15) is 38.9 Å². The molecule has 2 aromatic rings. The highest BCUT2D eigenvalue weighted by Gasteiger charge is 2.06. The first-order chi connectivity index (χ1) is 9.01. The maximum absolute atomic E-state index is 3.87. The molecular weight excluding hydrogens is 228 g/mol. The second kappa shape index (κ2) is 5.44. The van der Waals surface area contributed by atoms with Crippen LogP contribution in [-0.4, -0.2) is 0 Å². The van der Waals surface area contributed by atoms with Gasteiger partial charge in [-0.2, -0.15) is 0 Å². The van der Waals surface area contributed by atoms with E-state index in [4.69, 9.17) is 0 Å². The van der Waals surface area contributed by atoms with Gasteiger partial charge in [0.15, 0.2) is 0 Å². The third-order valence-electron chi connectivity index (χ3n) is 3.83. The molecule has 0 radical (unpaired) electrons. The Hall–Kier alpha value is -1.82. The van der Waals surface area contributed by atoms with Crippen LogP contribution in [0.5, 0.6) is 0 Å². The summed E-state index contributed by atoms with van der Waals surface area (Å²) in [6.45, 7) is 12.6. The Morgan fingerprint density at radius 1 is 0.842 bits per heavy atom. The lowest BCUT2D eigenvalue weighted by Crippen LogP contribution is -1.97. The molecule has 0 aliphatic rings. The van der Waals surface area contributed by atoms with Crippen LogP contribution in [0.15, 0.2) is 36.9 Å². The van der Waals surface area contributed by atoms with E-state index < -0.39 is 0 Å². The maximum Gasteiger partial charge on any atom is -0.00203 e. The van der Waals surface area contributed by atoms with Gasteiger partial charge in [-0.05, 0) is 67.5 Å². The van der Waals surface area contributed by atoms with Crippen LogP contribution in [-0.2, 0) is 6.42 Å². The Morgan fingerprint density at radius 2 is 1.53 bits per heavy atom. The molecule has 0 heterocycles. The molecule has 0 fully saturated rings. The SMILES string of the molecule is C=Cc1cc(C)c(Cc2cc(C)ccc2C)cc1C. The molecule has 0 heteroatoms. The summed E-state index contributed by atoms with van der Waals surface area (Å²) in [6, 6.07) is 11.2. The Balaban J connectivity index is 2.41. The van der Waals surface area contributed by atoms with Gasteiger partial charge in [-0.1, -0.05) is 48.6 Å². The van der Waals surface area contributed by atoms with Crippen molar-refractivity contribution in [1.29, 1.82) is 0 Å². The topological polar surface area (TPSA) is 0 Å². The van der Waals surface area contributed by atoms with Crippen molar-refractivity contribution in [1.82, 2.24) is 0 Å². The second-order valence-electron chi connectivity index (χ2n) is 5.45. The van der Waals surface area contributed by atoms with Crippen LogP contribution in [0.2, 0.25) is 0 Å². The van der Waals surface area contributed by atoms with E-state index in [1.165, 1.54) is 38.9 Å². The number of rotatable bonds is 3. The molecule has 2 rings (SSSR count). The Labute approximate surface area is 116 Å². The Morgan fingerprint density at radius 3 is 2.21 bits per heavy atom. The predicted molar refractivity (Wildman–Crippen MR) is 84.7 cm³/mol. The fourth-order valence-corrected chi connectivity index (χ4v) is 2.50. The lowest BCUT2D eigenvalue weighted by atomic mass is 9.93. The van der Waals surface area contributed by atoms with E-state index in [1.807, 2.05) is 6.08 Å². The predicted octanol–water partition coefficient (Wildman–Crippen LogP) is 5.15. The van der Waals surface area contributed by atoms with Crippen molar-refractivity contribution in [2.75, 3.05) is 0 Å². The van der Waals surface area contributed by atoms with Gasteiger partial charge in [0, 0.05) is 0 Å². The summed E-state index contributed by atoms with van der Waals surface area (Å²) in [5.74, 6) is 0. The first-order valence-corrected chi connectivity index (χ1v) is 6.80. The molecule has 0 aliphatic carbocycles. The van der Waals surface area contributed by atoms with E-state index in [9.17, 15) is 0 Å². The third kappa shape index (κ3) is 2.96. The van der Waals surface area contributed by atoms with Crippen LogP contribution < -0.4 is 0 Å². The molecule has 0 bridgehead atoms. The van der Waals surface area contributed by atoms with E-state index in [2.05, 4.69) is 64.6 Å². The summed E-state index contributed by atoms with van der Waals surface area (Å²) in [7, 11) is 0. The van der Waals surface area contributed by atoms with Crippen molar-refractivity contribution >= 4 is 6.08 Å². The van der Waals surface area contributed by atoms with Gasteiger partial charge in [0.2, 0.25) is 0 Å². The van der Waals surface area contributed by atoms with Gasteiger partial charge in [-0.25, -0.2) is 0 Å². The summed E-state index contributed by atoms with van der Waals surface area (Å²) < 4.78 is 0. The van der Waals surface area contributed by atoms with Gasteiger partial charge in [0.25, 0.3) is 0 Å². The average Bonchev–Trinajstić information content (AvgIpc) is 2.37. The van der Waals surface area contributed by atoms with Crippen LogP contribution in [0.3, 0.4) is 0 Å². The number of hydrogen-bond acceptors (Lipinski definition) is 0. The maximum atomic E-state index is 3.87. The van der Waals surface area contributed by atoms with Crippen LogP contribution >= 0.6 is 0 Å². The fraction of sp³-hybridized carbons (Fsp3) is 0.263. The molecule has 0 saturated carbocycles. The summed E-state index contributed by atoms with van der Waals surface area (Å²) >= 11 is 0. The highest BCUT2D eigenvalue weighted by atomic mass is 14.1. The van der Waals surface area contributed by atoms with Gasteiger partial charge in [-0.3, -0.25) is 0 Å². The van der Waals surface area contributed by atoms with E-state index >= 15 is 0 Å². The van der Waals surface area contributed by atoms with Gasteiger partial charge in [-0.15, -0.1) is 0 Å². The van der Waals surface area contributed by atoms with E-state index in [1.54, 1.807) is 0 Å². The molecule has 0 unspecified atom stereocenters. The standard InChI is InChI=1S/C19H22/c1-6-17-10-16(5)19(11-15(17)4)12-18-9-13(2)7-8-14(18)3/h6-11H,1,12H2,2-5H3. The van der Waals surface area contributed by atoms with E-state index in [0.717, 1.165) is 6.42 Å². The zero-order valence-electron chi connectivity index (χ0n) is 12.4. The quantitative estimate of drug-likeness (QED) is 0.706. The molecule has 19 heavy (non-hydrogen) atoms. The van der Waals surface area contributed by atoms with E-state index in [0.29, 0.717) is 0 Å². The minimum atomic E-state index is 1.01. The highest BCUT2D eigenvalue weighted by molar-refractivity contribution is 5.55. The first kappa shape index (κ1) is 13.6. The molecule has 0 N–H and O–H groups in total. The smallest absolute Gasteiger partial charge is 0.00203 e. The van der Waals surface area contributed by atoms with Crippen molar-refractivity contribution < 1.29 is 0 Å². The fourth-order valence-electron chi connectivity index (χ4n) is 2.50. The number of hydrogen-bond donors (Lipinski definition) is 0. The Bertz CT molecular complexity index is 618. The summed E-state index contributed by atoms with van der Waals surface area (Å²) in [6.07, 6.45) is 2.95. The molecule has 0 amide bonds. The molecule has 0 aliphatic heterocycles. The molecule has 0 spiro atoms. The monoisotopic (exact) mass is 250 g/mol. The van der Waals surface area contributed by atoms with Crippen molar-refractivity contribution in [3.63, 3.8) is 0 Å². The van der Waals surface area contributed by atoms with Crippen molar-refractivity contribution in [3.8, 4) is 0 Å². The van der Waals surface area contributed by atoms with Crippen molar-refractivity contribution in [3.05, 3.63) is 75.9 Å². The van der Waals surface area contributed by atoms with Crippen LogP contribution in [0, 0.1) is 27.7 Å². The highest BCUT2D eigenvalue weighted by Crippen LogP contribution is 2.22. The lowest BCUT2D eigenvalue weighted by Gasteiger charge is -2.12.